The van der Waals surface area contributed by atoms with Crippen molar-refractivity contribution in [3.8, 4) is 11.5 Å². The lowest BCUT2D eigenvalue weighted by atomic mass is 9.77. The van der Waals surface area contributed by atoms with Gasteiger partial charge in [-0.1, -0.05) is 52.0 Å². The molecule has 1 aliphatic carbocycles. The van der Waals surface area contributed by atoms with Gasteiger partial charge in [0, 0.05) is 5.41 Å². The summed E-state index contributed by atoms with van der Waals surface area (Å²) in [4.78, 5) is 0. The van der Waals surface area contributed by atoms with Crippen molar-refractivity contribution in [3.63, 3.8) is 0 Å². The molecule has 3 heteroatoms. The number of ether oxygens (including phenoxy) is 2. The number of benzene rings is 2. The van der Waals surface area contributed by atoms with Crippen LogP contribution in [0.3, 0.4) is 0 Å². The van der Waals surface area contributed by atoms with Gasteiger partial charge in [-0.05, 0) is 40.8 Å². The normalized spacial score (nSPS) is 24.6. The third-order valence-corrected chi connectivity index (χ3v) is 5.27. The molecule has 3 nitrogen and oxygen atoms in total. The van der Waals surface area contributed by atoms with E-state index < -0.39 is 0 Å². The molecule has 24 heavy (non-hydrogen) atoms. The Bertz CT molecular complexity index is 753. The van der Waals surface area contributed by atoms with Gasteiger partial charge < -0.3 is 14.6 Å². The molecule has 4 rings (SSSR count). The number of phenols is 1. The maximum Gasteiger partial charge on any atom is 0.156 e. The van der Waals surface area contributed by atoms with Gasteiger partial charge in [-0.15, -0.1) is 0 Å². The van der Waals surface area contributed by atoms with Gasteiger partial charge in [0.2, 0.25) is 0 Å². The zero-order valence-corrected chi connectivity index (χ0v) is 14.6. The number of hydrogen-bond donors (Lipinski definition) is 1. The molecule has 1 heterocycles. The van der Waals surface area contributed by atoms with Gasteiger partial charge in [0.25, 0.3) is 0 Å². The molecule has 0 spiro atoms. The molecule has 1 aliphatic heterocycles. The highest BCUT2D eigenvalue weighted by atomic mass is 16.7. The lowest BCUT2D eigenvalue weighted by Crippen LogP contribution is -2.20. The zero-order valence-electron chi connectivity index (χ0n) is 14.6. The Hall–Kier alpha value is -2.00. The number of phenolic OH excluding ortho intramolecular Hbond substituents is 1. The molecule has 0 bridgehead atoms. The Labute approximate surface area is 143 Å². The highest BCUT2D eigenvalue weighted by molar-refractivity contribution is 5.47. The molecule has 2 aromatic carbocycles. The van der Waals surface area contributed by atoms with Crippen LogP contribution in [-0.2, 0) is 10.2 Å². The summed E-state index contributed by atoms with van der Waals surface area (Å²) in [6.45, 7) is 8.82. The molecule has 0 radical (unpaired) electrons. The molecule has 2 aliphatic rings. The fourth-order valence-electron chi connectivity index (χ4n) is 3.25. The largest absolute Gasteiger partial charge is 0.508 e. The van der Waals surface area contributed by atoms with Gasteiger partial charge >= 0.3 is 0 Å². The van der Waals surface area contributed by atoms with E-state index in [0.717, 1.165) is 5.75 Å². The van der Waals surface area contributed by atoms with Crippen molar-refractivity contribution < 1.29 is 14.6 Å². The first-order chi connectivity index (χ1) is 11.4. The Morgan fingerprint density at radius 3 is 2.17 bits per heavy atom. The summed E-state index contributed by atoms with van der Waals surface area (Å²) in [5.41, 5.74) is 3.54. The molecule has 2 atom stereocenters. The lowest BCUT2D eigenvalue weighted by Gasteiger charge is -2.28. The molecule has 126 valence electrons. The van der Waals surface area contributed by atoms with E-state index in [1.165, 1.54) is 16.7 Å². The van der Waals surface area contributed by atoms with Crippen LogP contribution >= 0.6 is 0 Å². The molecule has 2 unspecified atom stereocenters. The number of hydrogen-bond acceptors (Lipinski definition) is 3. The minimum atomic E-state index is -0.138. The van der Waals surface area contributed by atoms with Crippen LogP contribution in [-0.4, -0.2) is 23.4 Å². The average molecular weight is 324 g/mol. The number of aromatic hydroxyl groups is 1. The summed E-state index contributed by atoms with van der Waals surface area (Å²) >= 11 is 0. The standard InChI is InChI=1S/C21H24O3/c1-12(2)16-11-14(7-10-17(16)23-18-19-20(18)24-19)21(3,4)13-5-8-15(22)9-6-13/h5-12,18-20,22H,1-4H3. The van der Waals surface area contributed by atoms with Gasteiger partial charge in [-0.2, -0.15) is 0 Å². The van der Waals surface area contributed by atoms with Gasteiger partial charge in [-0.25, -0.2) is 0 Å². The highest BCUT2D eigenvalue weighted by Gasteiger charge is 2.70. The van der Waals surface area contributed by atoms with Crippen LogP contribution in [0.4, 0.5) is 0 Å². The van der Waals surface area contributed by atoms with Gasteiger partial charge in [0.1, 0.15) is 23.7 Å². The van der Waals surface area contributed by atoms with Gasteiger partial charge in [0.15, 0.2) is 6.10 Å². The van der Waals surface area contributed by atoms with Crippen molar-refractivity contribution >= 4 is 0 Å². The fraction of sp³-hybridized carbons (Fsp3) is 0.429. The van der Waals surface area contributed by atoms with E-state index in [4.69, 9.17) is 9.47 Å². The number of rotatable bonds is 5. The first-order valence-corrected chi connectivity index (χ1v) is 8.64. The van der Waals surface area contributed by atoms with Crippen molar-refractivity contribution in [2.75, 3.05) is 0 Å². The molecule has 1 N–H and O–H groups in total. The topological polar surface area (TPSA) is 42.0 Å². The van der Waals surface area contributed by atoms with Crippen LogP contribution in [0.25, 0.3) is 0 Å². The first-order valence-electron chi connectivity index (χ1n) is 8.64. The van der Waals surface area contributed by atoms with Gasteiger partial charge in [0.05, 0.1) is 0 Å². The van der Waals surface area contributed by atoms with Crippen molar-refractivity contribution in [2.45, 2.75) is 57.3 Å². The molecule has 0 amide bonds. The second-order valence-corrected chi connectivity index (χ2v) is 7.73. The van der Waals surface area contributed by atoms with Crippen LogP contribution in [0.2, 0.25) is 0 Å². The third kappa shape index (κ3) is 2.57. The number of epoxide rings is 1. The molecular formula is C21H24O3. The monoisotopic (exact) mass is 324 g/mol. The minimum Gasteiger partial charge on any atom is -0.508 e. The molecule has 1 saturated heterocycles. The molecule has 2 aromatic rings. The second-order valence-electron chi connectivity index (χ2n) is 7.73. The van der Waals surface area contributed by atoms with Gasteiger partial charge in [-0.3, -0.25) is 0 Å². The third-order valence-electron chi connectivity index (χ3n) is 5.27. The fourth-order valence-corrected chi connectivity index (χ4v) is 3.25. The predicted molar refractivity (Wildman–Crippen MR) is 93.8 cm³/mol. The maximum absolute atomic E-state index is 9.53. The lowest BCUT2D eigenvalue weighted by molar-refractivity contribution is 0.118. The molecule has 2 fully saturated rings. The van der Waals surface area contributed by atoms with E-state index in [9.17, 15) is 5.11 Å². The van der Waals surface area contributed by atoms with Crippen LogP contribution in [0, 0.1) is 0 Å². The van der Waals surface area contributed by atoms with Crippen LogP contribution in [0.1, 0.15) is 50.3 Å². The van der Waals surface area contributed by atoms with Crippen molar-refractivity contribution in [1.29, 1.82) is 0 Å². The summed E-state index contributed by atoms with van der Waals surface area (Å²) in [5.74, 6) is 1.68. The van der Waals surface area contributed by atoms with Crippen molar-refractivity contribution in [1.82, 2.24) is 0 Å². The van der Waals surface area contributed by atoms with Crippen LogP contribution < -0.4 is 4.74 Å². The average Bonchev–Trinajstić information content (AvgIpc) is 3.44. The SMILES string of the molecule is CC(C)c1cc(C(C)(C)c2ccc(O)cc2)ccc1OC1C2OC12. The summed E-state index contributed by atoms with van der Waals surface area (Å²) in [6, 6.07) is 14.0. The maximum atomic E-state index is 9.53. The first kappa shape index (κ1) is 15.5. The van der Waals surface area contributed by atoms with E-state index in [1.807, 2.05) is 12.1 Å². The second kappa shape index (κ2) is 5.25. The van der Waals surface area contributed by atoms with Crippen LogP contribution in [0.15, 0.2) is 42.5 Å². The quantitative estimate of drug-likeness (QED) is 0.830. The molecule has 1 saturated carbocycles. The summed E-state index contributed by atoms with van der Waals surface area (Å²) in [7, 11) is 0. The van der Waals surface area contributed by atoms with E-state index in [0.29, 0.717) is 23.9 Å². The molecule has 0 aromatic heterocycles. The number of fused-ring (bicyclic) bond motifs is 1. The Kier molecular flexibility index (Phi) is 3.40. The summed E-state index contributed by atoms with van der Waals surface area (Å²) in [5, 5.41) is 9.53. The summed E-state index contributed by atoms with van der Waals surface area (Å²) in [6.07, 6.45) is 0.953. The van der Waals surface area contributed by atoms with E-state index >= 15 is 0 Å². The Morgan fingerprint density at radius 1 is 1.00 bits per heavy atom. The molecular weight excluding hydrogens is 300 g/mol. The Morgan fingerprint density at radius 2 is 1.62 bits per heavy atom. The smallest absolute Gasteiger partial charge is 0.156 e. The van der Waals surface area contributed by atoms with Crippen molar-refractivity contribution in [2.24, 2.45) is 0 Å². The highest BCUT2D eigenvalue weighted by Crippen LogP contribution is 2.50. The zero-order chi connectivity index (χ0) is 17.1. The van der Waals surface area contributed by atoms with E-state index in [1.54, 1.807) is 12.1 Å². The van der Waals surface area contributed by atoms with E-state index in [-0.39, 0.29) is 11.5 Å². The van der Waals surface area contributed by atoms with E-state index in [2.05, 4.69) is 45.9 Å². The Balaban J connectivity index is 1.66. The van der Waals surface area contributed by atoms with Crippen LogP contribution in [0.5, 0.6) is 11.5 Å². The summed E-state index contributed by atoms with van der Waals surface area (Å²) < 4.78 is 11.4. The minimum absolute atomic E-state index is 0.138. The predicted octanol–water partition coefficient (Wildman–Crippen LogP) is 4.37. The van der Waals surface area contributed by atoms with Crippen molar-refractivity contribution in [3.05, 3.63) is 59.2 Å².